The van der Waals surface area contributed by atoms with Gasteiger partial charge in [0.25, 0.3) is 0 Å². The molecule has 1 rings (SSSR count). The molecule has 0 aromatic heterocycles. The quantitative estimate of drug-likeness (QED) is 0.693. The van der Waals surface area contributed by atoms with Crippen molar-refractivity contribution in [2.45, 2.75) is 19.3 Å². The molecule has 0 N–H and O–H groups in total. The number of benzene rings is 1. The Hall–Kier alpha value is -1.36. The molecule has 0 aliphatic heterocycles. The van der Waals surface area contributed by atoms with Crippen molar-refractivity contribution >= 4 is 0 Å². The topological polar surface area (TPSA) is 23.8 Å². The van der Waals surface area contributed by atoms with Crippen LogP contribution in [-0.2, 0) is 12.8 Å². The van der Waals surface area contributed by atoms with Gasteiger partial charge >= 0.3 is 0 Å². The van der Waals surface area contributed by atoms with Crippen LogP contribution in [0.4, 0.5) is 4.39 Å². The van der Waals surface area contributed by atoms with Crippen LogP contribution in [0.25, 0.3) is 0 Å². The molecule has 1 aromatic carbocycles. The summed E-state index contributed by atoms with van der Waals surface area (Å²) in [5.74, 6) is 0. The van der Waals surface area contributed by atoms with Gasteiger partial charge in [-0.3, -0.25) is 4.39 Å². The normalized spacial score (nSPS) is 9.54. The maximum Gasteiger partial charge on any atom is 0.0897 e. The minimum Gasteiger partial charge on any atom is -0.251 e. The van der Waals surface area contributed by atoms with E-state index in [-0.39, 0.29) is 6.67 Å². The molecule has 1 aromatic rings. The van der Waals surface area contributed by atoms with Crippen molar-refractivity contribution in [3.05, 3.63) is 35.4 Å². The van der Waals surface area contributed by atoms with E-state index in [0.29, 0.717) is 12.8 Å². The molecular weight excluding hydrogens is 165 g/mol. The fraction of sp³-hybridized carbons (Fsp3) is 0.364. The summed E-state index contributed by atoms with van der Waals surface area (Å²) >= 11 is 0. The standard InChI is InChI=1S/C11H12FN/c12-8-1-2-10-3-5-11(6-4-10)7-9-13/h3-6H,1-2,7-8H2. The maximum atomic E-state index is 11.8. The lowest BCUT2D eigenvalue weighted by molar-refractivity contribution is 0.473. The number of halogens is 1. The van der Waals surface area contributed by atoms with Gasteiger partial charge in [-0.25, -0.2) is 0 Å². The van der Waals surface area contributed by atoms with Gasteiger partial charge in [0.15, 0.2) is 0 Å². The molecule has 0 saturated heterocycles. The molecule has 0 fully saturated rings. The van der Waals surface area contributed by atoms with E-state index in [1.165, 1.54) is 0 Å². The minimum atomic E-state index is -0.264. The Kier molecular flexibility index (Phi) is 3.98. The van der Waals surface area contributed by atoms with Crippen LogP contribution in [0, 0.1) is 11.3 Å². The molecule has 0 atom stereocenters. The molecule has 0 bridgehead atoms. The second-order valence-electron chi connectivity index (χ2n) is 2.94. The zero-order valence-corrected chi connectivity index (χ0v) is 7.46. The molecule has 0 radical (unpaired) electrons. The predicted molar refractivity (Wildman–Crippen MR) is 50.1 cm³/mol. The molecule has 1 nitrogen and oxygen atoms in total. The third kappa shape index (κ3) is 3.25. The largest absolute Gasteiger partial charge is 0.251 e. The first-order valence-corrected chi connectivity index (χ1v) is 4.37. The highest BCUT2D eigenvalue weighted by molar-refractivity contribution is 5.24. The first-order chi connectivity index (χ1) is 6.36. The highest BCUT2D eigenvalue weighted by Gasteiger charge is 1.94. The monoisotopic (exact) mass is 177 g/mol. The van der Waals surface area contributed by atoms with E-state index in [0.717, 1.165) is 17.5 Å². The molecule has 0 spiro atoms. The highest BCUT2D eigenvalue weighted by Crippen LogP contribution is 2.07. The fourth-order valence-electron chi connectivity index (χ4n) is 1.19. The van der Waals surface area contributed by atoms with Gasteiger partial charge in [0.05, 0.1) is 19.2 Å². The lowest BCUT2D eigenvalue weighted by Crippen LogP contribution is -1.88. The van der Waals surface area contributed by atoms with E-state index >= 15 is 0 Å². The number of hydrogen-bond acceptors (Lipinski definition) is 1. The third-order valence-electron chi connectivity index (χ3n) is 1.91. The van der Waals surface area contributed by atoms with Gasteiger partial charge in [-0.15, -0.1) is 0 Å². The van der Waals surface area contributed by atoms with Crippen molar-refractivity contribution in [3.8, 4) is 6.07 Å². The summed E-state index contributed by atoms with van der Waals surface area (Å²) in [5.41, 5.74) is 2.16. The van der Waals surface area contributed by atoms with Gasteiger partial charge in [0.1, 0.15) is 0 Å². The Bertz CT molecular complexity index is 284. The summed E-state index contributed by atoms with van der Waals surface area (Å²) in [6.45, 7) is -0.264. The Morgan fingerprint density at radius 2 is 1.77 bits per heavy atom. The van der Waals surface area contributed by atoms with Crippen LogP contribution in [-0.4, -0.2) is 6.67 Å². The molecule has 0 heterocycles. The predicted octanol–water partition coefficient (Wildman–Crippen LogP) is 2.65. The van der Waals surface area contributed by atoms with Gasteiger partial charge in [-0.1, -0.05) is 24.3 Å². The van der Waals surface area contributed by atoms with Crippen molar-refractivity contribution in [2.24, 2.45) is 0 Å². The van der Waals surface area contributed by atoms with Crippen molar-refractivity contribution < 1.29 is 4.39 Å². The molecular formula is C11H12FN. The zero-order valence-electron chi connectivity index (χ0n) is 7.46. The Morgan fingerprint density at radius 3 is 2.31 bits per heavy atom. The number of alkyl halides is 1. The second-order valence-corrected chi connectivity index (χ2v) is 2.94. The van der Waals surface area contributed by atoms with Gasteiger partial charge in [-0.05, 0) is 24.0 Å². The lowest BCUT2D eigenvalue weighted by Gasteiger charge is -1.99. The fourth-order valence-corrected chi connectivity index (χ4v) is 1.19. The number of rotatable bonds is 4. The molecule has 0 aliphatic rings. The third-order valence-corrected chi connectivity index (χ3v) is 1.91. The van der Waals surface area contributed by atoms with Crippen LogP contribution < -0.4 is 0 Å². The van der Waals surface area contributed by atoms with E-state index in [1.807, 2.05) is 24.3 Å². The van der Waals surface area contributed by atoms with Gasteiger partial charge in [0.2, 0.25) is 0 Å². The van der Waals surface area contributed by atoms with Gasteiger partial charge in [-0.2, -0.15) is 5.26 Å². The minimum absolute atomic E-state index is 0.264. The molecule has 13 heavy (non-hydrogen) atoms. The maximum absolute atomic E-state index is 11.8. The number of nitriles is 1. The van der Waals surface area contributed by atoms with Crippen molar-refractivity contribution in [1.82, 2.24) is 0 Å². The summed E-state index contributed by atoms with van der Waals surface area (Å²) in [6, 6.07) is 9.86. The number of aryl methyl sites for hydroxylation is 1. The van der Waals surface area contributed by atoms with Gasteiger partial charge < -0.3 is 0 Å². The van der Waals surface area contributed by atoms with E-state index < -0.39 is 0 Å². The second kappa shape index (κ2) is 5.31. The van der Waals surface area contributed by atoms with E-state index in [4.69, 9.17) is 5.26 Å². The molecule has 0 unspecified atom stereocenters. The molecule has 2 heteroatoms. The van der Waals surface area contributed by atoms with Crippen LogP contribution in [0.5, 0.6) is 0 Å². The summed E-state index contributed by atoms with van der Waals surface area (Å²) < 4.78 is 11.8. The van der Waals surface area contributed by atoms with Crippen molar-refractivity contribution in [2.75, 3.05) is 6.67 Å². The average molecular weight is 177 g/mol. The smallest absolute Gasteiger partial charge is 0.0897 e. The van der Waals surface area contributed by atoms with Crippen LogP contribution in [0.2, 0.25) is 0 Å². The van der Waals surface area contributed by atoms with Crippen LogP contribution in [0.3, 0.4) is 0 Å². The van der Waals surface area contributed by atoms with E-state index in [2.05, 4.69) is 6.07 Å². The first-order valence-electron chi connectivity index (χ1n) is 4.37. The summed E-state index contributed by atoms with van der Waals surface area (Å²) in [5, 5.41) is 8.43. The Balaban J connectivity index is 2.55. The highest BCUT2D eigenvalue weighted by atomic mass is 19.1. The average Bonchev–Trinajstić information content (AvgIpc) is 2.17. The van der Waals surface area contributed by atoms with Crippen molar-refractivity contribution in [1.29, 1.82) is 5.26 Å². The SMILES string of the molecule is N#CCc1ccc(CCCF)cc1. The summed E-state index contributed by atoms with van der Waals surface area (Å²) in [4.78, 5) is 0. The van der Waals surface area contributed by atoms with Crippen LogP contribution in [0.15, 0.2) is 24.3 Å². The molecule has 0 saturated carbocycles. The van der Waals surface area contributed by atoms with Gasteiger partial charge in [0, 0.05) is 0 Å². The summed E-state index contributed by atoms with van der Waals surface area (Å²) in [6.07, 6.45) is 1.81. The number of nitrogens with zero attached hydrogens (tertiary/aromatic N) is 1. The molecule has 68 valence electrons. The van der Waals surface area contributed by atoms with Crippen LogP contribution >= 0.6 is 0 Å². The van der Waals surface area contributed by atoms with Crippen LogP contribution in [0.1, 0.15) is 17.5 Å². The Labute approximate surface area is 77.8 Å². The number of hydrogen-bond donors (Lipinski definition) is 0. The summed E-state index contributed by atoms with van der Waals surface area (Å²) in [7, 11) is 0. The van der Waals surface area contributed by atoms with E-state index in [9.17, 15) is 4.39 Å². The lowest BCUT2D eigenvalue weighted by atomic mass is 10.1. The zero-order chi connectivity index (χ0) is 9.52. The Morgan fingerprint density at radius 1 is 1.15 bits per heavy atom. The molecule has 0 amide bonds. The van der Waals surface area contributed by atoms with E-state index in [1.54, 1.807) is 0 Å². The first kappa shape index (κ1) is 9.73. The molecule has 0 aliphatic carbocycles. The van der Waals surface area contributed by atoms with Crippen molar-refractivity contribution in [3.63, 3.8) is 0 Å².